The van der Waals surface area contributed by atoms with E-state index in [4.69, 9.17) is 15.6 Å². The Morgan fingerprint density at radius 1 is 1.33 bits per heavy atom. The lowest BCUT2D eigenvalue weighted by atomic mass is 10.2. The highest BCUT2D eigenvalue weighted by atomic mass is 16.4. The van der Waals surface area contributed by atoms with Crippen molar-refractivity contribution in [2.75, 3.05) is 5.32 Å². The summed E-state index contributed by atoms with van der Waals surface area (Å²) in [6, 6.07) is 8.97. The molecule has 0 aliphatic carbocycles. The fourth-order valence-corrected chi connectivity index (χ4v) is 1.31. The third kappa shape index (κ3) is 4.37. The van der Waals surface area contributed by atoms with Crippen molar-refractivity contribution in [2.24, 2.45) is 0 Å². The normalized spacial score (nSPS) is 11.7. The third-order valence-electron chi connectivity index (χ3n) is 2.51. The van der Waals surface area contributed by atoms with Crippen molar-refractivity contribution in [3.63, 3.8) is 0 Å². The Morgan fingerprint density at radius 3 is 2.57 bits per heavy atom. The smallest absolute Gasteiger partial charge is 0.325 e. The fourth-order valence-electron chi connectivity index (χ4n) is 1.31. The van der Waals surface area contributed by atoms with Gasteiger partial charge in [0.15, 0.2) is 0 Å². The molecule has 1 rings (SSSR count). The van der Waals surface area contributed by atoms with Gasteiger partial charge < -0.3 is 15.7 Å². The number of carboxylic acid groups (broad SMARTS) is 1. The van der Waals surface area contributed by atoms with Crippen LogP contribution in [0.25, 0.3) is 0 Å². The van der Waals surface area contributed by atoms with Gasteiger partial charge in [-0.3, -0.25) is 9.59 Å². The largest absolute Gasteiger partial charge is 0.480 e. The van der Waals surface area contributed by atoms with Crippen LogP contribution in [0.15, 0.2) is 36.0 Å². The number of rotatable bonds is 5. The molecule has 0 aromatic heterocycles. The van der Waals surface area contributed by atoms with E-state index in [2.05, 4.69) is 10.6 Å². The molecule has 0 aliphatic rings. The van der Waals surface area contributed by atoms with Crippen LogP contribution >= 0.6 is 0 Å². The van der Waals surface area contributed by atoms with Crippen LogP contribution in [0.3, 0.4) is 0 Å². The van der Waals surface area contributed by atoms with Gasteiger partial charge in [0, 0.05) is 6.20 Å². The maximum absolute atomic E-state index is 11.9. The van der Waals surface area contributed by atoms with E-state index in [1.54, 1.807) is 18.2 Å². The molecule has 0 aliphatic heterocycles. The molecule has 1 unspecified atom stereocenters. The van der Waals surface area contributed by atoms with E-state index in [-0.39, 0.29) is 16.8 Å². The SMILES string of the molecule is CC(N/C=C(/C#N)C(=O)Nc1ccccc1C#N)C(=O)O. The van der Waals surface area contributed by atoms with E-state index in [1.807, 2.05) is 6.07 Å². The number of carbonyl (C=O) groups is 2. The second-order valence-corrected chi connectivity index (χ2v) is 4.01. The lowest BCUT2D eigenvalue weighted by Gasteiger charge is -2.08. The number of hydrogen-bond donors (Lipinski definition) is 3. The van der Waals surface area contributed by atoms with Gasteiger partial charge >= 0.3 is 5.97 Å². The lowest BCUT2D eigenvalue weighted by Crippen LogP contribution is -2.30. The van der Waals surface area contributed by atoms with Crippen molar-refractivity contribution >= 4 is 17.6 Å². The van der Waals surface area contributed by atoms with Gasteiger partial charge in [-0.25, -0.2) is 0 Å². The van der Waals surface area contributed by atoms with Crippen LogP contribution in [0.4, 0.5) is 5.69 Å². The molecule has 1 amide bonds. The highest BCUT2D eigenvalue weighted by Crippen LogP contribution is 2.14. The minimum atomic E-state index is -1.11. The van der Waals surface area contributed by atoms with Crippen molar-refractivity contribution < 1.29 is 14.7 Å². The second kappa shape index (κ2) is 7.31. The Bertz CT molecular complexity index is 668. The molecule has 106 valence electrons. The maximum atomic E-state index is 11.9. The third-order valence-corrected chi connectivity index (χ3v) is 2.51. The molecular formula is C14H12N4O3. The molecule has 0 fully saturated rings. The van der Waals surface area contributed by atoms with Crippen molar-refractivity contribution in [1.82, 2.24) is 5.32 Å². The fraction of sp³-hybridized carbons (Fsp3) is 0.143. The van der Waals surface area contributed by atoms with Gasteiger partial charge in [-0.15, -0.1) is 0 Å². The number of carboxylic acids is 1. The van der Waals surface area contributed by atoms with E-state index < -0.39 is 17.9 Å². The van der Waals surface area contributed by atoms with E-state index >= 15 is 0 Å². The summed E-state index contributed by atoms with van der Waals surface area (Å²) < 4.78 is 0. The Kier molecular flexibility index (Phi) is 5.48. The average molecular weight is 284 g/mol. The Balaban J connectivity index is 2.86. The van der Waals surface area contributed by atoms with Crippen molar-refractivity contribution in [3.05, 3.63) is 41.6 Å². The summed E-state index contributed by atoms with van der Waals surface area (Å²) in [7, 11) is 0. The maximum Gasteiger partial charge on any atom is 0.325 e. The molecule has 7 nitrogen and oxygen atoms in total. The average Bonchev–Trinajstić information content (AvgIpc) is 2.48. The van der Waals surface area contributed by atoms with Crippen LogP contribution in [-0.4, -0.2) is 23.0 Å². The summed E-state index contributed by atoms with van der Waals surface area (Å²) in [6.07, 6.45) is 1.03. The first-order valence-electron chi connectivity index (χ1n) is 5.89. The molecule has 0 heterocycles. The van der Waals surface area contributed by atoms with Crippen LogP contribution in [0.1, 0.15) is 12.5 Å². The number of nitriles is 2. The second-order valence-electron chi connectivity index (χ2n) is 4.01. The summed E-state index contributed by atoms with van der Waals surface area (Å²) in [4.78, 5) is 22.5. The summed E-state index contributed by atoms with van der Waals surface area (Å²) in [5.41, 5.74) is 0.239. The topological polar surface area (TPSA) is 126 Å². The van der Waals surface area contributed by atoms with E-state index in [0.717, 1.165) is 6.20 Å². The molecule has 0 saturated carbocycles. The number of nitrogens with zero attached hydrogens (tertiary/aromatic N) is 2. The predicted molar refractivity (Wildman–Crippen MR) is 73.7 cm³/mol. The number of carbonyl (C=O) groups excluding carboxylic acids is 1. The van der Waals surface area contributed by atoms with E-state index in [0.29, 0.717) is 0 Å². The zero-order chi connectivity index (χ0) is 15.8. The molecule has 0 bridgehead atoms. The van der Waals surface area contributed by atoms with Gasteiger partial charge in [0.1, 0.15) is 23.8 Å². The van der Waals surface area contributed by atoms with Crippen molar-refractivity contribution in [2.45, 2.75) is 13.0 Å². The highest BCUT2D eigenvalue weighted by molar-refractivity contribution is 6.07. The number of benzene rings is 1. The Labute approximate surface area is 121 Å². The van der Waals surface area contributed by atoms with Gasteiger partial charge in [0.2, 0.25) is 0 Å². The summed E-state index contributed by atoms with van der Waals surface area (Å²) in [5, 5.41) is 31.4. The lowest BCUT2D eigenvalue weighted by molar-refractivity contribution is -0.138. The van der Waals surface area contributed by atoms with Gasteiger partial charge in [-0.2, -0.15) is 10.5 Å². The van der Waals surface area contributed by atoms with Gasteiger partial charge in [-0.1, -0.05) is 12.1 Å². The number of hydrogen-bond acceptors (Lipinski definition) is 5. The van der Waals surface area contributed by atoms with Crippen LogP contribution in [0.2, 0.25) is 0 Å². The molecular weight excluding hydrogens is 272 g/mol. The number of anilines is 1. The summed E-state index contributed by atoms with van der Waals surface area (Å²) in [5.74, 6) is -1.84. The minimum absolute atomic E-state index is 0.259. The number of aliphatic carboxylic acids is 1. The zero-order valence-electron chi connectivity index (χ0n) is 11.1. The van der Waals surface area contributed by atoms with Crippen molar-refractivity contribution in [3.8, 4) is 12.1 Å². The summed E-state index contributed by atoms with van der Waals surface area (Å²) >= 11 is 0. The molecule has 1 atom stereocenters. The molecule has 0 spiro atoms. The monoisotopic (exact) mass is 284 g/mol. The Hall–Kier alpha value is -3.32. The van der Waals surface area contributed by atoms with Crippen LogP contribution in [0, 0.1) is 22.7 Å². The van der Waals surface area contributed by atoms with Gasteiger partial charge in [0.05, 0.1) is 11.3 Å². The number of nitrogens with one attached hydrogen (secondary N) is 2. The number of para-hydroxylation sites is 1. The molecule has 0 radical (unpaired) electrons. The Morgan fingerprint density at radius 2 is 2.00 bits per heavy atom. The highest BCUT2D eigenvalue weighted by Gasteiger charge is 2.13. The molecule has 21 heavy (non-hydrogen) atoms. The summed E-state index contributed by atoms with van der Waals surface area (Å²) in [6.45, 7) is 1.37. The zero-order valence-corrected chi connectivity index (χ0v) is 11.1. The molecule has 7 heteroatoms. The van der Waals surface area contributed by atoms with Crippen LogP contribution in [-0.2, 0) is 9.59 Å². The molecule has 3 N–H and O–H groups in total. The molecule has 1 aromatic carbocycles. The van der Waals surface area contributed by atoms with Crippen LogP contribution < -0.4 is 10.6 Å². The van der Waals surface area contributed by atoms with E-state index in [9.17, 15) is 9.59 Å². The molecule has 1 aromatic rings. The van der Waals surface area contributed by atoms with Gasteiger partial charge in [-0.05, 0) is 19.1 Å². The quantitative estimate of drug-likeness (QED) is 0.546. The van der Waals surface area contributed by atoms with Crippen molar-refractivity contribution in [1.29, 1.82) is 10.5 Å². The first-order chi connectivity index (χ1) is 9.99. The van der Waals surface area contributed by atoms with Gasteiger partial charge in [0.25, 0.3) is 5.91 Å². The standard InChI is InChI=1S/C14H12N4O3/c1-9(14(20)21)17-8-11(7-16)13(19)18-12-5-3-2-4-10(12)6-15/h2-5,8-9,17H,1H3,(H,18,19)(H,20,21)/b11-8-. The first-order valence-corrected chi connectivity index (χ1v) is 5.89. The predicted octanol–water partition coefficient (Wildman–Crippen LogP) is 0.967. The van der Waals surface area contributed by atoms with Crippen LogP contribution in [0.5, 0.6) is 0 Å². The molecule has 0 saturated heterocycles. The minimum Gasteiger partial charge on any atom is -0.480 e. The first kappa shape index (κ1) is 15.7. The number of amides is 1. The van der Waals surface area contributed by atoms with E-state index in [1.165, 1.54) is 19.1 Å².